The van der Waals surface area contributed by atoms with Gasteiger partial charge < -0.3 is 24.3 Å². The zero-order valence-electron chi connectivity index (χ0n) is 24.2. The number of rotatable bonds is 12. The summed E-state index contributed by atoms with van der Waals surface area (Å²) in [5, 5.41) is 15.5. The van der Waals surface area contributed by atoms with Crippen LogP contribution in [0.5, 0.6) is 0 Å². The van der Waals surface area contributed by atoms with Crippen molar-refractivity contribution < 1.29 is 33.4 Å². The molecule has 39 heavy (non-hydrogen) atoms. The molecule has 0 radical (unpaired) electrons. The van der Waals surface area contributed by atoms with Gasteiger partial charge in [0.05, 0.1) is 25.4 Å². The van der Waals surface area contributed by atoms with E-state index in [1.807, 2.05) is 60.7 Å². The molecule has 9 heteroatoms. The molecule has 0 saturated carbocycles. The first-order valence-corrected chi connectivity index (χ1v) is 15.2. The standard InChI is InChI=1S/C30H43NO7Si/c1-8-36-27(34)20-22(32)19-26(33)25(31-28(35)38-29(2,3)4)21-37-39(30(5,6)7,23-15-11-9-12-16-23)24-17-13-10-14-18-24/h9-18,25-26,33H,8,19-21H2,1-7H3,(H,31,35)/t25-,26-/m0/s1. The van der Waals surface area contributed by atoms with Gasteiger partial charge in [-0.25, -0.2) is 4.79 Å². The van der Waals surface area contributed by atoms with Gasteiger partial charge in [-0.3, -0.25) is 9.59 Å². The van der Waals surface area contributed by atoms with Crippen molar-refractivity contribution in [3.8, 4) is 0 Å². The minimum Gasteiger partial charge on any atom is -0.466 e. The van der Waals surface area contributed by atoms with Gasteiger partial charge in [0.2, 0.25) is 0 Å². The van der Waals surface area contributed by atoms with Crippen LogP contribution in [0.2, 0.25) is 5.04 Å². The molecule has 2 aromatic rings. The summed E-state index contributed by atoms with van der Waals surface area (Å²) >= 11 is 0. The number of amides is 1. The van der Waals surface area contributed by atoms with Crippen molar-refractivity contribution in [3.05, 3.63) is 60.7 Å². The fourth-order valence-electron chi connectivity index (χ4n) is 4.50. The molecular weight excluding hydrogens is 514 g/mol. The number of benzene rings is 2. The molecule has 0 bridgehead atoms. The Labute approximate surface area is 233 Å². The second kappa shape index (κ2) is 13.9. The van der Waals surface area contributed by atoms with Crippen molar-refractivity contribution in [2.24, 2.45) is 0 Å². The molecule has 0 aromatic heterocycles. The summed E-state index contributed by atoms with van der Waals surface area (Å²) in [6, 6.07) is 18.9. The molecule has 0 fully saturated rings. The fraction of sp³-hybridized carbons (Fsp3) is 0.500. The SMILES string of the molecule is CCOC(=O)CC(=O)C[C@H](O)[C@H](CO[Si](c1ccccc1)(c1ccccc1)C(C)(C)C)NC(=O)OC(C)(C)C. The molecule has 214 valence electrons. The Morgan fingerprint density at radius 2 is 1.41 bits per heavy atom. The van der Waals surface area contributed by atoms with E-state index in [0.29, 0.717) is 0 Å². The van der Waals surface area contributed by atoms with E-state index in [1.54, 1.807) is 27.7 Å². The number of carbonyl (C=O) groups excluding carboxylic acids is 3. The molecule has 2 N–H and O–H groups in total. The van der Waals surface area contributed by atoms with Crippen LogP contribution in [0.3, 0.4) is 0 Å². The first-order valence-electron chi connectivity index (χ1n) is 13.3. The summed E-state index contributed by atoms with van der Waals surface area (Å²) in [7, 11) is -2.99. The van der Waals surface area contributed by atoms with E-state index in [4.69, 9.17) is 13.9 Å². The van der Waals surface area contributed by atoms with Crippen LogP contribution in [0.1, 0.15) is 61.3 Å². The van der Waals surface area contributed by atoms with Crippen LogP contribution >= 0.6 is 0 Å². The number of esters is 1. The number of hydrogen-bond acceptors (Lipinski definition) is 7. The van der Waals surface area contributed by atoms with Crippen molar-refractivity contribution in [3.63, 3.8) is 0 Å². The summed E-state index contributed by atoms with van der Waals surface area (Å²) in [6.07, 6.45) is -2.88. The van der Waals surface area contributed by atoms with Gasteiger partial charge in [0.1, 0.15) is 17.8 Å². The van der Waals surface area contributed by atoms with Crippen molar-refractivity contribution in [2.45, 2.75) is 84.1 Å². The number of aliphatic hydroxyl groups excluding tert-OH is 1. The molecule has 2 rings (SSSR count). The first kappa shape index (κ1) is 32.2. The Hall–Kier alpha value is -3.01. The topological polar surface area (TPSA) is 111 Å². The normalized spacial score (nSPS) is 13.7. The van der Waals surface area contributed by atoms with E-state index >= 15 is 0 Å². The number of ether oxygens (including phenoxy) is 2. The highest BCUT2D eigenvalue weighted by Gasteiger charge is 2.50. The van der Waals surface area contributed by atoms with E-state index in [1.165, 1.54) is 0 Å². The highest BCUT2D eigenvalue weighted by molar-refractivity contribution is 6.99. The zero-order chi connectivity index (χ0) is 29.3. The molecule has 2 atom stereocenters. The van der Waals surface area contributed by atoms with Crippen LogP contribution in [0.25, 0.3) is 0 Å². The third kappa shape index (κ3) is 9.30. The molecule has 1 amide bonds. The maximum atomic E-state index is 12.7. The van der Waals surface area contributed by atoms with Gasteiger partial charge in [-0.2, -0.15) is 0 Å². The minimum absolute atomic E-state index is 0.0830. The highest BCUT2D eigenvalue weighted by Crippen LogP contribution is 2.37. The number of nitrogens with one attached hydrogen (secondary N) is 1. The van der Waals surface area contributed by atoms with E-state index in [0.717, 1.165) is 10.4 Å². The summed E-state index contributed by atoms with van der Waals surface area (Å²) in [5.74, 6) is -1.16. The van der Waals surface area contributed by atoms with Crippen LogP contribution in [0.4, 0.5) is 4.79 Å². The number of ketones is 1. The molecule has 0 aliphatic carbocycles. The second-order valence-corrected chi connectivity index (χ2v) is 15.8. The smallest absolute Gasteiger partial charge is 0.408 e. The Balaban J connectivity index is 2.44. The Morgan fingerprint density at radius 3 is 1.85 bits per heavy atom. The quantitative estimate of drug-likeness (QED) is 0.232. The van der Waals surface area contributed by atoms with E-state index in [9.17, 15) is 19.5 Å². The molecule has 0 saturated heterocycles. The number of carbonyl (C=O) groups is 3. The van der Waals surface area contributed by atoms with Crippen molar-refractivity contribution in [1.82, 2.24) is 5.32 Å². The maximum Gasteiger partial charge on any atom is 0.408 e. The lowest BCUT2D eigenvalue weighted by atomic mass is 10.0. The lowest BCUT2D eigenvalue weighted by Crippen LogP contribution is -2.67. The number of Topliss-reactive ketones (excluding diaryl/α,β-unsaturated/α-hetero) is 1. The molecule has 2 aromatic carbocycles. The number of alkyl carbamates (subject to hydrolysis) is 1. The molecule has 0 unspecified atom stereocenters. The van der Waals surface area contributed by atoms with Crippen molar-refractivity contribution in [2.75, 3.05) is 13.2 Å². The largest absolute Gasteiger partial charge is 0.466 e. The number of aliphatic hydroxyl groups is 1. The van der Waals surface area contributed by atoms with Gasteiger partial charge in [-0.05, 0) is 43.1 Å². The first-order chi connectivity index (χ1) is 18.2. The summed E-state index contributed by atoms with van der Waals surface area (Å²) in [5.41, 5.74) is -0.766. The third-order valence-electron chi connectivity index (χ3n) is 6.15. The maximum absolute atomic E-state index is 12.7. The summed E-state index contributed by atoms with van der Waals surface area (Å²) in [4.78, 5) is 37.0. The lowest BCUT2D eigenvalue weighted by molar-refractivity contribution is -0.145. The van der Waals surface area contributed by atoms with Gasteiger partial charge in [0.25, 0.3) is 8.32 Å². The van der Waals surface area contributed by atoms with Crippen LogP contribution in [-0.2, 0) is 23.5 Å². The second-order valence-electron chi connectivity index (χ2n) is 11.5. The number of hydrogen-bond donors (Lipinski definition) is 2. The monoisotopic (exact) mass is 557 g/mol. The summed E-state index contributed by atoms with van der Waals surface area (Å²) in [6.45, 7) is 13.3. The molecular formula is C30H43NO7Si. The van der Waals surface area contributed by atoms with E-state index in [-0.39, 0.29) is 24.7 Å². The fourth-order valence-corrected chi connectivity index (χ4v) is 9.09. The summed E-state index contributed by atoms with van der Waals surface area (Å²) < 4.78 is 17.2. The van der Waals surface area contributed by atoms with Gasteiger partial charge in [-0.15, -0.1) is 0 Å². The molecule has 0 aliphatic rings. The predicted molar refractivity (Wildman–Crippen MR) is 154 cm³/mol. The average molecular weight is 558 g/mol. The molecule has 8 nitrogen and oxygen atoms in total. The third-order valence-corrected chi connectivity index (χ3v) is 11.2. The van der Waals surface area contributed by atoms with E-state index < -0.39 is 50.3 Å². The zero-order valence-corrected chi connectivity index (χ0v) is 25.2. The molecule has 0 aliphatic heterocycles. The average Bonchev–Trinajstić information content (AvgIpc) is 2.83. The van der Waals surface area contributed by atoms with Crippen molar-refractivity contribution in [1.29, 1.82) is 0 Å². The lowest BCUT2D eigenvalue weighted by Gasteiger charge is -2.44. The van der Waals surface area contributed by atoms with Crippen LogP contribution in [0.15, 0.2) is 60.7 Å². The Kier molecular flexibility index (Phi) is 11.4. The van der Waals surface area contributed by atoms with Crippen molar-refractivity contribution >= 4 is 36.5 Å². The predicted octanol–water partition coefficient (Wildman–Crippen LogP) is 3.73. The molecule has 0 spiro atoms. The highest BCUT2D eigenvalue weighted by atomic mass is 28.4. The molecule has 0 heterocycles. The minimum atomic E-state index is -2.99. The van der Waals surface area contributed by atoms with Gasteiger partial charge in [0, 0.05) is 6.42 Å². The van der Waals surface area contributed by atoms with Gasteiger partial charge >= 0.3 is 12.1 Å². The van der Waals surface area contributed by atoms with Gasteiger partial charge in [-0.1, -0.05) is 81.4 Å². The van der Waals surface area contributed by atoms with Crippen LogP contribution in [-0.4, -0.2) is 62.2 Å². The van der Waals surface area contributed by atoms with E-state index in [2.05, 4.69) is 26.1 Å². The van der Waals surface area contributed by atoms with Crippen LogP contribution < -0.4 is 15.7 Å². The Morgan fingerprint density at radius 1 is 0.897 bits per heavy atom. The Bertz CT molecular complexity index is 1040. The van der Waals surface area contributed by atoms with Gasteiger partial charge in [0.15, 0.2) is 0 Å². The van der Waals surface area contributed by atoms with Crippen LogP contribution in [0, 0.1) is 0 Å².